The molecule has 2 aromatic rings. The van der Waals surface area contributed by atoms with Gasteiger partial charge in [0.05, 0.1) is 16.7 Å². The van der Waals surface area contributed by atoms with E-state index in [4.69, 9.17) is 5.73 Å². The van der Waals surface area contributed by atoms with E-state index in [0.717, 1.165) is 22.0 Å². The van der Waals surface area contributed by atoms with E-state index in [-0.39, 0.29) is 11.8 Å². The van der Waals surface area contributed by atoms with Crippen molar-refractivity contribution in [1.29, 1.82) is 0 Å². The van der Waals surface area contributed by atoms with E-state index in [2.05, 4.69) is 10.3 Å². The molecule has 0 aliphatic rings. The van der Waals surface area contributed by atoms with Crippen LogP contribution in [0.1, 0.15) is 18.9 Å². The van der Waals surface area contributed by atoms with E-state index in [9.17, 15) is 4.79 Å². The van der Waals surface area contributed by atoms with Gasteiger partial charge in [0.2, 0.25) is 5.91 Å². The molecule has 106 valence electrons. The molecular weight excluding hydrogens is 270 g/mol. The number of nitrogens with two attached hydrogens (primary N) is 1. The lowest BCUT2D eigenvalue weighted by molar-refractivity contribution is -0.118. The molecule has 0 bridgehead atoms. The summed E-state index contributed by atoms with van der Waals surface area (Å²) in [4.78, 5) is 16.4. The smallest absolute Gasteiger partial charge is 0.241 e. The molecule has 1 atom stereocenters. The first-order valence-electron chi connectivity index (χ1n) is 6.56. The van der Waals surface area contributed by atoms with Gasteiger partial charge < -0.3 is 11.1 Å². The van der Waals surface area contributed by atoms with Gasteiger partial charge in [0, 0.05) is 16.6 Å². The Hall–Kier alpha value is -1.72. The number of hydrogen-bond acceptors (Lipinski definition) is 4. The molecule has 1 heterocycles. The standard InChI is InChI=1S/C15H19N3OS/c1-9(2)14(16)15(19)18-12-6-4-5-11(7-12)13-8-20-10(3)17-13/h4-9,14H,16H2,1-3H3,(H,18,19)/t14-/m0/s1. The van der Waals surface area contributed by atoms with E-state index < -0.39 is 6.04 Å². The van der Waals surface area contributed by atoms with Crippen LogP contribution in [0.2, 0.25) is 0 Å². The Kier molecular flexibility index (Phi) is 4.52. The lowest BCUT2D eigenvalue weighted by Crippen LogP contribution is -2.39. The summed E-state index contributed by atoms with van der Waals surface area (Å²) in [5.74, 6) is -0.0500. The van der Waals surface area contributed by atoms with Crippen LogP contribution in [0.15, 0.2) is 29.6 Å². The molecular formula is C15H19N3OS. The molecule has 0 saturated carbocycles. The topological polar surface area (TPSA) is 68.0 Å². The summed E-state index contributed by atoms with van der Waals surface area (Å²) in [6, 6.07) is 7.15. The third kappa shape index (κ3) is 3.43. The number of hydrogen-bond donors (Lipinski definition) is 2. The molecule has 0 fully saturated rings. The van der Waals surface area contributed by atoms with E-state index in [1.165, 1.54) is 0 Å². The number of thiazole rings is 1. The van der Waals surface area contributed by atoms with Crippen LogP contribution in [-0.4, -0.2) is 16.9 Å². The second-order valence-corrected chi connectivity index (χ2v) is 6.15. The minimum atomic E-state index is -0.500. The molecule has 0 aliphatic carbocycles. The van der Waals surface area contributed by atoms with Crippen LogP contribution in [0, 0.1) is 12.8 Å². The number of aromatic nitrogens is 1. The predicted octanol–water partition coefficient (Wildman–Crippen LogP) is 3.04. The molecule has 3 N–H and O–H groups in total. The number of nitrogens with zero attached hydrogens (tertiary/aromatic N) is 1. The summed E-state index contributed by atoms with van der Waals surface area (Å²) in [6.45, 7) is 5.83. The highest BCUT2D eigenvalue weighted by atomic mass is 32.1. The SMILES string of the molecule is Cc1nc(-c2cccc(NC(=O)[C@@H](N)C(C)C)c2)cs1. The number of anilines is 1. The fraction of sp³-hybridized carbons (Fsp3) is 0.333. The average Bonchev–Trinajstić information content (AvgIpc) is 2.84. The van der Waals surface area contributed by atoms with Crippen molar-refractivity contribution in [3.05, 3.63) is 34.7 Å². The molecule has 0 aliphatic heterocycles. The van der Waals surface area contributed by atoms with Crippen LogP contribution in [0.5, 0.6) is 0 Å². The predicted molar refractivity (Wildman–Crippen MR) is 83.7 cm³/mol. The van der Waals surface area contributed by atoms with Crippen molar-refractivity contribution in [2.75, 3.05) is 5.32 Å². The van der Waals surface area contributed by atoms with Crippen LogP contribution < -0.4 is 11.1 Å². The number of benzene rings is 1. The molecule has 1 aromatic carbocycles. The minimum absolute atomic E-state index is 0.111. The Labute approximate surface area is 123 Å². The van der Waals surface area contributed by atoms with Crippen molar-refractivity contribution in [3.8, 4) is 11.3 Å². The van der Waals surface area contributed by atoms with E-state index in [1.54, 1.807) is 11.3 Å². The number of carbonyl (C=O) groups excluding carboxylic acids is 1. The second kappa shape index (κ2) is 6.15. The lowest BCUT2D eigenvalue weighted by Gasteiger charge is -2.15. The summed E-state index contributed by atoms with van der Waals surface area (Å²) in [6.07, 6.45) is 0. The minimum Gasteiger partial charge on any atom is -0.325 e. The van der Waals surface area contributed by atoms with Gasteiger partial charge in [-0.05, 0) is 25.0 Å². The van der Waals surface area contributed by atoms with Gasteiger partial charge >= 0.3 is 0 Å². The quantitative estimate of drug-likeness (QED) is 0.909. The molecule has 0 saturated heterocycles. The van der Waals surface area contributed by atoms with Crippen molar-refractivity contribution in [3.63, 3.8) is 0 Å². The van der Waals surface area contributed by atoms with E-state index in [1.807, 2.05) is 50.4 Å². The Morgan fingerprint density at radius 1 is 1.40 bits per heavy atom. The molecule has 0 spiro atoms. The summed E-state index contributed by atoms with van der Waals surface area (Å²) in [7, 11) is 0. The average molecular weight is 289 g/mol. The van der Waals surface area contributed by atoms with Crippen LogP contribution >= 0.6 is 11.3 Å². The van der Waals surface area contributed by atoms with Crippen LogP contribution in [0.4, 0.5) is 5.69 Å². The van der Waals surface area contributed by atoms with Gasteiger partial charge in [-0.15, -0.1) is 11.3 Å². The zero-order valence-corrected chi connectivity index (χ0v) is 12.7. The number of rotatable bonds is 4. The highest BCUT2D eigenvalue weighted by molar-refractivity contribution is 7.09. The van der Waals surface area contributed by atoms with Gasteiger partial charge in [0.25, 0.3) is 0 Å². The van der Waals surface area contributed by atoms with Crippen molar-refractivity contribution in [2.24, 2.45) is 11.7 Å². The molecule has 5 heteroatoms. The highest BCUT2D eigenvalue weighted by Gasteiger charge is 2.17. The van der Waals surface area contributed by atoms with E-state index in [0.29, 0.717) is 0 Å². The summed E-state index contributed by atoms with van der Waals surface area (Å²) in [5, 5.41) is 5.89. The zero-order valence-electron chi connectivity index (χ0n) is 11.9. The van der Waals surface area contributed by atoms with Crippen LogP contribution in [0.25, 0.3) is 11.3 Å². The van der Waals surface area contributed by atoms with Gasteiger partial charge in [-0.2, -0.15) is 0 Å². The monoisotopic (exact) mass is 289 g/mol. The van der Waals surface area contributed by atoms with Crippen molar-refractivity contribution in [2.45, 2.75) is 26.8 Å². The zero-order chi connectivity index (χ0) is 14.7. The number of amides is 1. The third-order valence-electron chi connectivity index (χ3n) is 3.07. The molecule has 1 amide bonds. The van der Waals surface area contributed by atoms with Crippen LogP contribution in [-0.2, 0) is 4.79 Å². The maximum absolute atomic E-state index is 12.0. The molecule has 4 nitrogen and oxygen atoms in total. The fourth-order valence-corrected chi connectivity index (χ4v) is 2.40. The molecule has 0 radical (unpaired) electrons. The van der Waals surface area contributed by atoms with Crippen molar-refractivity contribution < 1.29 is 4.79 Å². The molecule has 0 unspecified atom stereocenters. The maximum Gasteiger partial charge on any atom is 0.241 e. The molecule has 1 aromatic heterocycles. The second-order valence-electron chi connectivity index (χ2n) is 5.09. The Bertz CT molecular complexity index is 607. The summed E-state index contributed by atoms with van der Waals surface area (Å²) in [5.41, 5.74) is 8.50. The lowest BCUT2D eigenvalue weighted by atomic mass is 10.0. The van der Waals surface area contributed by atoms with Gasteiger partial charge in [0.1, 0.15) is 0 Å². The first kappa shape index (κ1) is 14.7. The van der Waals surface area contributed by atoms with Gasteiger partial charge in [-0.1, -0.05) is 26.0 Å². The number of aryl methyl sites for hydroxylation is 1. The van der Waals surface area contributed by atoms with Crippen molar-refractivity contribution in [1.82, 2.24) is 4.98 Å². The number of nitrogens with one attached hydrogen (secondary N) is 1. The maximum atomic E-state index is 12.0. The molecule has 20 heavy (non-hydrogen) atoms. The van der Waals surface area contributed by atoms with Crippen molar-refractivity contribution >= 4 is 22.9 Å². The first-order chi connectivity index (χ1) is 9.47. The summed E-state index contributed by atoms with van der Waals surface area (Å²) >= 11 is 1.61. The third-order valence-corrected chi connectivity index (χ3v) is 3.84. The van der Waals surface area contributed by atoms with E-state index >= 15 is 0 Å². The summed E-state index contributed by atoms with van der Waals surface area (Å²) < 4.78 is 0. The number of carbonyl (C=O) groups is 1. The van der Waals surface area contributed by atoms with Crippen LogP contribution in [0.3, 0.4) is 0 Å². The van der Waals surface area contributed by atoms with Gasteiger partial charge in [-0.25, -0.2) is 4.98 Å². The highest BCUT2D eigenvalue weighted by Crippen LogP contribution is 2.24. The Morgan fingerprint density at radius 3 is 2.75 bits per heavy atom. The Balaban J connectivity index is 2.16. The van der Waals surface area contributed by atoms with Gasteiger partial charge in [0.15, 0.2) is 0 Å². The first-order valence-corrected chi connectivity index (χ1v) is 7.44. The van der Waals surface area contributed by atoms with Gasteiger partial charge in [-0.3, -0.25) is 4.79 Å². The molecule has 2 rings (SSSR count). The normalized spacial score (nSPS) is 12.4. The Morgan fingerprint density at radius 2 is 2.15 bits per heavy atom. The largest absolute Gasteiger partial charge is 0.325 e. The fourth-order valence-electron chi connectivity index (χ4n) is 1.78.